The molecule has 1 nitrogen and oxygen atoms in total. The molecular weight excluding hydrogens is 219 g/mol. The Bertz CT molecular complexity index is 534. The molecule has 0 aliphatic carbocycles. The van der Waals surface area contributed by atoms with Crippen molar-refractivity contribution in [2.45, 2.75) is 19.8 Å². The lowest BCUT2D eigenvalue weighted by atomic mass is 9.92. The van der Waals surface area contributed by atoms with Gasteiger partial charge in [-0.1, -0.05) is 41.4 Å². The molecule has 0 aliphatic heterocycles. The molecule has 0 aliphatic rings. The molecule has 2 radical (unpaired) electrons. The van der Waals surface area contributed by atoms with Crippen LogP contribution in [0.25, 0.3) is 0 Å². The monoisotopic (exact) mass is 236 g/mol. The van der Waals surface area contributed by atoms with Gasteiger partial charge in [0, 0.05) is 0 Å². The molecule has 0 heterocycles. The van der Waals surface area contributed by atoms with E-state index in [2.05, 4.69) is 31.2 Å². The van der Waals surface area contributed by atoms with Crippen molar-refractivity contribution in [3.63, 3.8) is 0 Å². The summed E-state index contributed by atoms with van der Waals surface area (Å²) >= 11 is 0. The van der Waals surface area contributed by atoms with Crippen LogP contribution in [0.3, 0.4) is 0 Å². The molecule has 0 bridgehead atoms. The summed E-state index contributed by atoms with van der Waals surface area (Å²) < 4.78 is 5.23. The second-order valence-corrected chi connectivity index (χ2v) is 4.60. The summed E-state index contributed by atoms with van der Waals surface area (Å²) in [5.74, 6) is 0.828. The van der Waals surface area contributed by atoms with E-state index in [4.69, 9.17) is 12.6 Å². The standard InChI is InChI=1S/C16H17BO/c1-12-4-3-5-13(8-12)6-7-14-9-15(17)11-16(10-14)18-2/h3-5,8-11H,6-7H2,1-2H3. The molecule has 2 heteroatoms. The molecule has 2 aromatic carbocycles. The maximum Gasteiger partial charge on any atom is 0.118 e. The van der Waals surface area contributed by atoms with Gasteiger partial charge in [-0.05, 0) is 43.0 Å². The fourth-order valence-corrected chi connectivity index (χ4v) is 2.10. The Kier molecular flexibility index (Phi) is 4.09. The Balaban J connectivity index is 2.08. The van der Waals surface area contributed by atoms with E-state index in [1.165, 1.54) is 16.7 Å². The van der Waals surface area contributed by atoms with Crippen LogP contribution in [0.2, 0.25) is 0 Å². The van der Waals surface area contributed by atoms with Crippen molar-refractivity contribution >= 4 is 13.3 Å². The summed E-state index contributed by atoms with van der Waals surface area (Å²) in [6.07, 6.45) is 2.00. The first-order chi connectivity index (χ1) is 8.67. The van der Waals surface area contributed by atoms with Gasteiger partial charge in [-0.2, -0.15) is 0 Å². The highest BCUT2D eigenvalue weighted by atomic mass is 16.5. The van der Waals surface area contributed by atoms with E-state index < -0.39 is 0 Å². The molecule has 18 heavy (non-hydrogen) atoms. The maximum absolute atomic E-state index is 5.85. The van der Waals surface area contributed by atoms with Crippen molar-refractivity contribution in [3.05, 3.63) is 59.2 Å². The smallest absolute Gasteiger partial charge is 0.118 e. The van der Waals surface area contributed by atoms with Gasteiger partial charge < -0.3 is 4.74 Å². The Morgan fingerprint density at radius 2 is 1.78 bits per heavy atom. The van der Waals surface area contributed by atoms with Gasteiger partial charge in [0.05, 0.1) is 7.11 Å². The van der Waals surface area contributed by atoms with E-state index in [9.17, 15) is 0 Å². The Morgan fingerprint density at radius 1 is 1.00 bits per heavy atom. The molecule has 0 amide bonds. The van der Waals surface area contributed by atoms with Crippen molar-refractivity contribution in [3.8, 4) is 5.75 Å². The molecule has 2 aromatic rings. The van der Waals surface area contributed by atoms with Crippen LogP contribution in [0.5, 0.6) is 5.75 Å². The van der Waals surface area contributed by atoms with Gasteiger partial charge in [-0.15, -0.1) is 0 Å². The van der Waals surface area contributed by atoms with E-state index in [-0.39, 0.29) is 0 Å². The molecule has 0 saturated heterocycles. The summed E-state index contributed by atoms with van der Waals surface area (Å²) in [6, 6.07) is 14.5. The van der Waals surface area contributed by atoms with Gasteiger partial charge in [-0.3, -0.25) is 0 Å². The van der Waals surface area contributed by atoms with Crippen LogP contribution in [-0.2, 0) is 12.8 Å². The molecule has 0 fully saturated rings. The minimum Gasteiger partial charge on any atom is -0.497 e. The number of benzene rings is 2. The van der Waals surface area contributed by atoms with Crippen molar-refractivity contribution in [1.82, 2.24) is 0 Å². The lowest BCUT2D eigenvalue weighted by Crippen LogP contribution is -2.05. The van der Waals surface area contributed by atoms with Gasteiger partial charge in [0.15, 0.2) is 0 Å². The number of methoxy groups -OCH3 is 1. The third-order valence-electron chi connectivity index (χ3n) is 3.01. The number of ether oxygens (including phenoxy) is 1. The highest BCUT2D eigenvalue weighted by Crippen LogP contribution is 2.14. The third kappa shape index (κ3) is 3.40. The Hall–Kier alpha value is -1.70. The lowest BCUT2D eigenvalue weighted by molar-refractivity contribution is 0.414. The first-order valence-corrected chi connectivity index (χ1v) is 6.16. The molecular formula is C16H17BO. The molecule has 0 saturated carbocycles. The average molecular weight is 236 g/mol. The van der Waals surface area contributed by atoms with Crippen molar-refractivity contribution in [1.29, 1.82) is 0 Å². The van der Waals surface area contributed by atoms with E-state index in [0.717, 1.165) is 24.1 Å². The van der Waals surface area contributed by atoms with Crippen LogP contribution in [0.1, 0.15) is 16.7 Å². The van der Waals surface area contributed by atoms with Crippen molar-refractivity contribution < 1.29 is 4.74 Å². The molecule has 0 aromatic heterocycles. The largest absolute Gasteiger partial charge is 0.497 e. The van der Waals surface area contributed by atoms with Crippen molar-refractivity contribution in [2.75, 3.05) is 7.11 Å². The average Bonchev–Trinajstić information content (AvgIpc) is 2.36. The summed E-state index contributed by atoms with van der Waals surface area (Å²) in [5.41, 5.74) is 4.64. The summed E-state index contributed by atoms with van der Waals surface area (Å²) in [6.45, 7) is 2.12. The first kappa shape index (κ1) is 12.8. The zero-order valence-electron chi connectivity index (χ0n) is 10.9. The second kappa shape index (κ2) is 5.77. The van der Waals surface area contributed by atoms with Crippen LogP contribution < -0.4 is 10.2 Å². The van der Waals surface area contributed by atoms with E-state index >= 15 is 0 Å². The number of hydrogen-bond donors (Lipinski definition) is 0. The molecule has 0 spiro atoms. The SMILES string of the molecule is [B]c1cc(CCc2cccc(C)c2)cc(OC)c1. The Morgan fingerprint density at radius 3 is 2.50 bits per heavy atom. The number of aryl methyl sites for hydroxylation is 3. The van der Waals surface area contributed by atoms with Crippen LogP contribution in [0.4, 0.5) is 0 Å². The fourth-order valence-electron chi connectivity index (χ4n) is 2.10. The zero-order chi connectivity index (χ0) is 13.0. The minimum atomic E-state index is 0.758. The minimum absolute atomic E-state index is 0.758. The quantitative estimate of drug-likeness (QED) is 0.741. The van der Waals surface area contributed by atoms with Crippen LogP contribution >= 0.6 is 0 Å². The number of hydrogen-bond acceptors (Lipinski definition) is 1. The molecule has 90 valence electrons. The predicted octanol–water partition coefficient (Wildman–Crippen LogP) is 2.58. The molecule has 0 atom stereocenters. The first-order valence-electron chi connectivity index (χ1n) is 6.16. The molecule has 2 rings (SSSR count). The second-order valence-electron chi connectivity index (χ2n) is 4.60. The normalized spacial score (nSPS) is 10.3. The van der Waals surface area contributed by atoms with Gasteiger partial charge in [0.25, 0.3) is 0 Å². The zero-order valence-corrected chi connectivity index (χ0v) is 10.9. The molecule has 0 N–H and O–H groups in total. The summed E-state index contributed by atoms with van der Waals surface area (Å²) in [5, 5.41) is 0. The summed E-state index contributed by atoms with van der Waals surface area (Å²) in [4.78, 5) is 0. The number of rotatable bonds is 4. The van der Waals surface area contributed by atoms with Crippen LogP contribution in [0.15, 0.2) is 42.5 Å². The maximum atomic E-state index is 5.85. The van der Waals surface area contributed by atoms with E-state index in [1.54, 1.807) is 7.11 Å². The Labute approximate surface area is 110 Å². The van der Waals surface area contributed by atoms with E-state index in [0.29, 0.717) is 0 Å². The molecule has 0 unspecified atom stereocenters. The highest BCUT2D eigenvalue weighted by Gasteiger charge is 2.00. The van der Waals surface area contributed by atoms with Gasteiger partial charge in [0.2, 0.25) is 0 Å². The van der Waals surface area contributed by atoms with Gasteiger partial charge in [0.1, 0.15) is 13.6 Å². The van der Waals surface area contributed by atoms with Crippen molar-refractivity contribution in [2.24, 2.45) is 0 Å². The van der Waals surface area contributed by atoms with Crippen LogP contribution in [0, 0.1) is 6.92 Å². The fraction of sp³-hybridized carbons (Fsp3) is 0.250. The topological polar surface area (TPSA) is 9.23 Å². The van der Waals surface area contributed by atoms with E-state index in [1.807, 2.05) is 18.2 Å². The van der Waals surface area contributed by atoms with Gasteiger partial charge in [-0.25, -0.2) is 0 Å². The summed E-state index contributed by atoms with van der Waals surface area (Å²) in [7, 11) is 7.51. The highest BCUT2D eigenvalue weighted by molar-refractivity contribution is 6.32. The third-order valence-corrected chi connectivity index (χ3v) is 3.01. The van der Waals surface area contributed by atoms with Gasteiger partial charge >= 0.3 is 0 Å². The van der Waals surface area contributed by atoms with Crippen LogP contribution in [-0.4, -0.2) is 15.0 Å². The lowest BCUT2D eigenvalue weighted by Gasteiger charge is -2.07. The predicted molar refractivity (Wildman–Crippen MR) is 77.0 cm³/mol.